The van der Waals surface area contributed by atoms with E-state index in [-0.39, 0.29) is 28.5 Å². The minimum Gasteiger partial charge on any atom is -0.453 e. The molecule has 5 aromatic rings. The van der Waals surface area contributed by atoms with E-state index in [1.165, 1.54) is 30.6 Å². The third-order valence-electron chi connectivity index (χ3n) is 5.56. The van der Waals surface area contributed by atoms with Gasteiger partial charge < -0.3 is 15.8 Å². The van der Waals surface area contributed by atoms with Gasteiger partial charge in [-0.15, -0.1) is 0 Å². The van der Waals surface area contributed by atoms with Crippen molar-refractivity contribution in [2.75, 3.05) is 11.1 Å². The molecule has 7 nitrogen and oxygen atoms in total. The van der Waals surface area contributed by atoms with Gasteiger partial charge in [-0.1, -0.05) is 0 Å². The SMILES string of the molecule is Cc1cc2ccnc(Nc3ccc(Oc4ccnc(N)c4I)c(F)c3)c2c(=O)n1-c1ccc(F)cc1F. The molecular weight excluding hydrogens is 598 g/mol. The number of benzene rings is 2. The predicted molar refractivity (Wildman–Crippen MR) is 143 cm³/mol. The number of nitrogens with zero attached hydrogens (tertiary/aromatic N) is 3. The van der Waals surface area contributed by atoms with E-state index in [9.17, 15) is 18.0 Å². The number of fused-ring (bicyclic) bond motifs is 1. The van der Waals surface area contributed by atoms with Crippen LogP contribution in [0.25, 0.3) is 16.5 Å². The quantitative estimate of drug-likeness (QED) is 0.228. The highest BCUT2D eigenvalue weighted by Crippen LogP contribution is 2.32. The van der Waals surface area contributed by atoms with Gasteiger partial charge in [-0.3, -0.25) is 9.36 Å². The zero-order valence-electron chi connectivity index (χ0n) is 19.1. The summed E-state index contributed by atoms with van der Waals surface area (Å²) < 4.78 is 50.2. The van der Waals surface area contributed by atoms with Gasteiger partial charge in [0.2, 0.25) is 0 Å². The fraction of sp³-hybridized carbons (Fsp3) is 0.0385. The number of anilines is 3. The molecule has 0 spiro atoms. The van der Waals surface area contributed by atoms with Gasteiger partial charge in [-0.05, 0) is 71.3 Å². The molecule has 0 amide bonds. The van der Waals surface area contributed by atoms with Crippen LogP contribution in [0.5, 0.6) is 11.5 Å². The molecule has 37 heavy (non-hydrogen) atoms. The Balaban J connectivity index is 1.53. The van der Waals surface area contributed by atoms with Crippen molar-refractivity contribution in [3.05, 3.63) is 104 Å². The first-order valence-corrected chi connectivity index (χ1v) is 11.9. The third kappa shape index (κ3) is 4.69. The fourth-order valence-electron chi connectivity index (χ4n) is 3.88. The first-order chi connectivity index (χ1) is 17.7. The summed E-state index contributed by atoms with van der Waals surface area (Å²) in [7, 11) is 0. The van der Waals surface area contributed by atoms with Crippen LogP contribution in [-0.2, 0) is 0 Å². The van der Waals surface area contributed by atoms with Crippen LogP contribution in [0.2, 0.25) is 0 Å². The Hall–Kier alpha value is -4.13. The molecule has 5 rings (SSSR count). The number of hydrogen-bond acceptors (Lipinski definition) is 6. The Bertz CT molecular complexity index is 1740. The predicted octanol–water partition coefficient (Wildman–Crippen LogP) is 6.23. The highest BCUT2D eigenvalue weighted by molar-refractivity contribution is 14.1. The highest BCUT2D eigenvalue weighted by atomic mass is 127. The molecule has 3 heterocycles. The number of nitrogens with two attached hydrogens (primary N) is 1. The minimum absolute atomic E-state index is 0.0373. The molecule has 0 saturated carbocycles. The van der Waals surface area contributed by atoms with Gasteiger partial charge >= 0.3 is 0 Å². The van der Waals surface area contributed by atoms with Crippen LogP contribution in [0.4, 0.5) is 30.5 Å². The minimum atomic E-state index is -0.883. The van der Waals surface area contributed by atoms with Crippen molar-refractivity contribution < 1.29 is 17.9 Å². The second kappa shape index (κ2) is 9.73. The van der Waals surface area contributed by atoms with E-state index in [0.717, 1.165) is 10.6 Å². The summed E-state index contributed by atoms with van der Waals surface area (Å²) in [5, 5.41) is 3.65. The number of pyridine rings is 3. The van der Waals surface area contributed by atoms with Gasteiger partial charge in [0.25, 0.3) is 5.56 Å². The monoisotopic (exact) mass is 615 g/mol. The van der Waals surface area contributed by atoms with E-state index in [4.69, 9.17) is 10.5 Å². The second-order valence-electron chi connectivity index (χ2n) is 8.03. The summed E-state index contributed by atoms with van der Waals surface area (Å²) >= 11 is 1.96. The Morgan fingerprint density at radius 1 is 0.946 bits per heavy atom. The Labute approximate surface area is 221 Å². The van der Waals surface area contributed by atoms with Crippen molar-refractivity contribution in [1.29, 1.82) is 0 Å². The Kier molecular flexibility index (Phi) is 6.46. The van der Waals surface area contributed by atoms with Crippen molar-refractivity contribution in [1.82, 2.24) is 14.5 Å². The average molecular weight is 615 g/mol. The smallest absolute Gasteiger partial charge is 0.267 e. The molecule has 0 unspecified atom stereocenters. The zero-order chi connectivity index (χ0) is 26.3. The summed E-state index contributed by atoms with van der Waals surface area (Å²) in [5.74, 6) is -1.58. The summed E-state index contributed by atoms with van der Waals surface area (Å²) in [6.45, 7) is 1.64. The fourth-order valence-corrected chi connectivity index (χ4v) is 4.31. The molecule has 0 radical (unpaired) electrons. The van der Waals surface area contributed by atoms with Gasteiger partial charge in [-0.25, -0.2) is 23.1 Å². The molecule has 0 aliphatic heterocycles. The number of hydrogen-bond donors (Lipinski definition) is 2. The van der Waals surface area contributed by atoms with Crippen LogP contribution in [0, 0.1) is 27.9 Å². The lowest BCUT2D eigenvalue weighted by molar-refractivity contribution is 0.440. The van der Waals surface area contributed by atoms with E-state index in [1.54, 1.807) is 31.2 Å². The van der Waals surface area contributed by atoms with Gasteiger partial charge in [0.15, 0.2) is 11.6 Å². The lowest BCUT2D eigenvalue weighted by atomic mass is 10.1. The van der Waals surface area contributed by atoms with E-state index in [1.807, 2.05) is 22.6 Å². The van der Waals surface area contributed by atoms with Crippen molar-refractivity contribution in [3.8, 4) is 17.2 Å². The van der Waals surface area contributed by atoms with Gasteiger partial charge in [-0.2, -0.15) is 0 Å². The molecule has 2 aromatic carbocycles. The number of aromatic nitrogens is 3. The topological polar surface area (TPSA) is 95.1 Å². The van der Waals surface area contributed by atoms with Crippen molar-refractivity contribution in [2.24, 2.45) is 0 Å². The summed E-state index contributed by atoms with van der Waals surface area (Å²) in [6, 6.07) is 12.0. The molecular formula is C26H17F3IN5O2. The Morgan fingerprint density at radius 3 is 2.49 bits per heavy atom. The van der Waals surface area contributed by atoms with Crippen LogP contribution >= 0.6 is 22.6 Å². The van der Waals surface area contributed by atoms with Crippen molar-refractivity contribution >= 4 is 50.7 Å². The van der Waals surface area contributed by atoms with E-state index < -0.39 is 23.0 Å². The summed E-state index contributed by atoms with van der Waals surface area (Å²) in [5.41, 5.74) is 5.85. The van der Waals surface area contributed by atoms with Crippen LogP contribution in [0.3, 0.4) is 0 Å². The van der Waals surface area contributed by atoms with Crippen LogP contribution in [0.1, 0.15) is 5.69 Å². The maximum Gasteiger partial charge on any atom is 0.267 e. The van der Waals surface area contributed by atoms with E-state index >= 15 is 0 Å². The summed E-state index contributed by atoms with van der Waals surface area (Å²) in [4.78, 5) is 21.7. The van der Waals surface area contributed by atoms with Crippen LogP contribution < -0.4 is 21.3 Å². The van der Waals surface area contributed by atoms with Gasteiger partial charge in [0, 0.05) is 42.0 Å². The zero-order valence-corrected chi connectivity index (χ0v) is 21.3. The number of aryl methyl sites for hydroxylation is 1. The molecule has 0 atom stereocenters. The van der Waals surface area contributed by atoms with Crippen molar-refractivity contribution in [2.45, 2.75) is 6.92 Å². The Morgan fingerprint density at radius 2 is 1.73 bits per heavy atom. The molecule has 3 aromatic heterocycles. The van der Waals surface area contributed by atoms with Crippen molar-refractivity contribution in [3.63, 3.8) is 0 Å². The number of halogens is 4. The molecule has 186 valence electrons. The maximum atomic E-state index is 14.9. The standard InChI is InChI=1S/C26H17F3IN5O2/c1-13-10-14-6-8-33-25(22(14)26(36)35(13)19-4-2-15(27)11-17(19)28)34-16-3-5-20(18(29)12-16)37-21-7-9-32-24(31)23(21)30/h2-12H,1H3,(H2,31,32)(H,33,34). The normalized spacial score (nSPS) is 11.1. The molecule has 0 bridgehead atoms. The molecule has 3 N–H and O–H groups in total. The maximum absolute atomic E-state index is 14.9. The van der Waals surface area contributed by atoms with Crippen LogP contribution in [-0.4, -0.2) is 14.5 Å². The number of rotatable bonds is 5. The molecule has 0 aliphatic carbocycles. The van der Waals surface area contributed by atoms with Gasteiger partial charge in [0.05, 0.1) is 14.6 Å². The van der Waals surface area contributed by atoms with Gasteiger partial charge in [0.1, 0.15) is 29.0 Å². The largest absolute Gasteiger partial charge is 0.453 e. The molecule has 11 heteroatoms. The first kappa shape index (κ1) is 24.6. The van der Waals surface area contributed by atoms with E-state index in [0.29, 0.717) is 32.2 Å². The lowest BCUT2D eigenvalue weighted by Crippen LogP contribution is -2.22. The molecule has 0 fully saturated rings. The lowest BCUT2D eigenvalue weighted by Gasteiger charge is -2.15. The first-order valence-electron chi connectivity index (χ1n) is 10.8. The van der Waals surface area contributed by atoms with Crippen LogP contribution in [0.15, 0.2) is 71.8 Å². The average Bonchev–Trinajstić information content (AvgIpc) is 2.84. The number of nitrogens with one attached hydrogen (secondary N) is 1. The molecule has 0 saturated heterocycles. The highest BCUT2D eigenvalue weighted by Gasteiger charge is 2.17. The number of nitrogen functional groups attached to an aromatic ring is 1. The van der Waals surface area contributed by atoms with E-state index in [2.05, 4.69) is 15.3 Å². The molecule has 0 aliphatic rings. The summed E-state index contributed by atoms with van der Waals surface area (Å²) in [6.07, 6.45) is 2.95. The number of ether oxygens (including phenoxy) is 1. The third-order valence-corrected chi connectivity index (χ3v) is 6.65. The second-order valence-corrected chi connectivity index (χ2v) is 9.11.